The van der Waals surface area contributed by atoms with E-state index in [2.05, 4.69) is 21.5 Å². The van der Waals surface area contributed by atoms with Crippen LogP contribution in [0.3, 0.4) is 0 Å². The van der Waals surface area contributed by atoms with Gasteiger partial charge in [-0.2, -0.15) is 10.2 Å². The largest absolute Gasteiger partial charge is 0.496 e. The van der Waals surface area contributed by atoms with E-state index in [1.54, 1.807) is 17.7 Å². The number of pyridine rings is 1. The molecule has 0 saturated carbocycles. The summed E-state index contributed by atoms with van der Waals surface area (Å²) in [6.07, 6.45) is 1.90. The van der Waals surface area contributed by atoms with Crippen LogP contribution in [-0.2, 0) is 0 Å². The van der Waals surface area contributed by atoms with Crippen molar-refractivity contribution < 1.29 is 4.74 Å². The van der Waals surface area contributed by atoms with E-state index in [0.29, 0.717) is 22.8 Å². The van der Waals surface area contributed by atoms with Gasteiger partial charge in [-0.1, -0.05) is 30.3 Å². The van der Waals surface area contributed by atoms with Gasteiger partial charge in [-0.05, 0) is 30.3 Å². The van der Waals surface area contributed by atoms with Gasteiger partial charge in [0.2, 0.25) is 5.95 Å². The highest BCUT2D eigenvalue weighted by Gasteiger charge is 2.10. The summed E-state index contributed by atoms with van der Waals surface area (Å²) < 4.78 is 7.14. The summed E-state index contributed by atoms with van der Waals surface area (Å²) in [4.78, 5) is 4.46. The molecule has 2 aromatic carbocycles. The summed E-state index contributed by atoms with van der Waals surface area (Å²) in [5, 5.41) is 16.8. The molecule has 0 aliphatic carbocycles. The first-order valence-electron chi connectivity index (χ1n) is 8.04. The van der Waals surface area contributed by atoms with Crippen LogP contribution in [0.4, 0.5) is 11.6 Å². The van der Waals surface area contributed by atoms with Crippen LogP contribution in [0.2, 0.25) is 0 Å². The molecule has 6 nitrogen and oxygen atoms in total. The quantitative estimate of drug-likeness (QED) is 0.607. The van der Waals surface area contributed by atoms with Crippen LogP contribution in [-0.4, -0.2) is 21.7 Å². The van der Waals surface area contributed by atoms with Gasteiger partial charge in [0.1, 0.15) is 11.8 Å². The zero-order valence-corrected chi connectivity index (χ0v) is 14.0. The third-order valence-electron chi connectivity index (χ3n) is 4.04. The molecule has 0 atom stereocenters. The first-order chi connectivity index (χ1) is 12.8. The second-order valence-corrected chi connectivity index (χ2v) is 5.64. The highest BCUT2D eigenvalue weighted by Crippen LogP contribution is 2.29. The molecule has 0 amide bonds. The predicted molar refractivity (Wildman–Crippen MR) is 99.4 cm³/mol. The fourth-order valence-electron chi connectivity index (χ4n) is 2.79. The Balaban J connectivity index is 1.71. The Labute approximate surface area is 150 Å². The Morgan fingerprint density at radius 2 is 1.85 bits per heavy atom. The fraction of sp³-hybridized carbons (Fsp3) is 0.0500. The van der Waals surface area contributed by atoms with E-state index in [-0.39, 0.29) is 0 Å². The van der Waals surface area contributed by atoms with Gasteiger partial charge in [-0.15, -0.1) is 5.10 Å². The van der Waals surface area contributed by atoms with Gasteiger partial charge in [0.05, 0.1) is 18.4 Å². The number of hydrogen-bond acceptors (Lipinski definition) is 5. The fourth-order valence-corrected chi connectivity index (χ4v) is 2.79. The van der Waals surface area contributed by atoms with Crippen molar-refractivity contribution in [2.45, 2.75) is 0 Å². The number of nitrogens with one attached hydrogen (secondary N) is 1. The van der Waals surface area contributed by atoms with E-state index >= 15 is 0 Å². The van der Waals surface area contributed by atoms with Crippen LogP contribution in [0.15, 0.2) is 66.9 Å². The lowest BCUT2D eigenvalue weighted by atomic mass is 10.1. The lowest BCUT2D eigenvalue weighted by molar-refractivity contribution is 0.416. The number of nitriles is 1. The highest BCUT2D eigenvalue weighted by molar-refractivity contribution is 5.71. The molecule has 1 N–H and O–H groups in total. The third kappa shape index (κ3) is 2.82. The van der Waals surface area contributed by atoms with Crippen LogP contribution in [0.25, 0.3) is 16.8 Å². The summed E-state index contributed by atoms with van der Waals surface area (Å²) in [5.41, 5.74) is 3.89. The SMILES string of the molecule is COc1ccccc1-c1ccc2nc(Nc3ccccc3C#N)nn2c1. The molecule has 126 valence electrons. The smallest absolute Gasteiger partial charge is 0.247 e. The van der Waals surface area contributed by atoms with Gasteiger partial charge in [-0.3, -0.25) is 0 Å². The van der Waals surface area contributed by atoms with E-state index < -0.39 is 0 Å². The summed E-state index contributed by atoms with van der Waals surface area (Å²) in [6.45, 7) is 0. The van der Waals surface area contributed by atoms with E-state index in [0.717, 1.165) is 16.9 Å². The number of nitrogens with zero attached hydrogens (tertiary/aromatic N) is 4. The predicted octanol–water partition coefficient (Wildman–Crippen LogP) is 4.02. The molecule has 0 bridgehead atoms. The van der Waals surface area contributed by atoms with Crippen molar-refractivity contribution in [1.29, 1.82) is 5.26 Å². The van der Waals surface area contributed by atoms with Crippen LogP contribution >= 0.6 is 0 Å². The summed E-state index contributed by atoms with van der Waals surface area (Å²) >= 11 is 0. The Hall–Kier alpha value is -3.85. The van der Waals surface area contributed by atoms with Crippen LogP contribution in [0.5, 0.6) is 5.75 Å². The second-order valence-electron chi connectivity index (χ2n) is 5.64. The number of rotatable bonds is 4. The molecule has 0 fully saturated rings. The monoisotopic (exact) mass is 341 g/mol. The van der Waals surface area contributed by atoms with Crippen molar-refractivity contribution in [2.24, 2.45) is 0 Å². The molecule has 2 heterocycles. The molecule has 0 saturated heterocycles. The topological polar surface area (TPSA) is 75.2 Å². The molecule has 4 rings (SSSR count). The maximum Gasteiger partial charge on any atom is 0.247 e. The maximum absolute atomic E-state index is 9.20. The van der Waals surface area contributed by atoms with E-state index in [9.17, 15) is 5.26 Å². The lowest BCUT2D eigenvalue weighted by Gasteiger charge is -2.08. The van der Waals surface area contributed by atoms with Crippen molar-refractivity contribution >= 4 is 17.3 Å². The lowest BCUT2D eigenvalue weighted by Crippen LogP contribution is -1.96. The number of benzene rings is 2. The molecule has 4 aromatic rings. The second kappa shape index (κ2) is 6.57. The molecule has 0 aliphatic rings. The molecule has 26 heavy (non-hydrogen) atoms. The summed E-state index contributed by atoms with van der Waals surface area (Å²) in [6, 6.07) is 21.1. The van der Waals surface area contributed by atoms with Crippen molar-refractivity contribution in [1.82, 2.24) is 14.6 Å². The van der Waals surface area contributed by atoms with Gasteiger partial charge < -0.3 is 10.1 Å². The molecular weight excluding hydrogens is 326 g/mol. The molecule has 0 spiro atoms. The normalized spacial score (nSPS) is 10.5. The first-order valence-corrected chi connectivity index (χ1v) is 8.04. The molecular formula is C20H15N5O. The number of ether oxygens (including phenoxy) is 1. The molecule has 0 radical (unpaired) electrons. The highest BCUT2D eigenvalue weighted by atomic mass is 16.5. The first kappa shape index (κ1) is 15.7. The van der Waals surface area contributed by atoms with Gasteiger partial charge in [0.25, 0.3) is 0 Å². The molecule has 0 unspecified atom stereocenters. The minimum atomic E-state index is 0.435. The Morgan fingerprint density at radius 3 is 2.69 bits per heavy atom. The third-order valence-corrected chi connectivity index (χ3v) is 4.04. The maximum atomic E-state index is 9.20. The van der Waals surface area contributed by atoms with Crippen LogP contribution in [0, 0.1) is 11.3 Å². The van der Waals surface area contributed by atoms with Crippen LogP contribution in [0.1, 0.15) is 5.56 Å². The molecule has 6 heteroatoms. The van der Waals surface area contributed by atoms with Gasteiger partial charge in [-0.25, -0.2) is 4.52 Å². The number of methoxy groups -OCH3 is 1. The number of fused-ring (bicyclic) bond motifs is 1. The Bertz CT molecular complexity index is 1130. The minimum Gasteiger partial charge on any atom is -0.496 e. The molecule has 2 aromatic heterocycles. The van der Waals surface area contributed by atoms with Crippen molar-refractivity contribution in [3.8, 4) is 22.9 Å². The van der Waals surface area contributed by atoms with E-state index in [1.807, 2.05) is 60.8 Å². The summed E-state index contributed by atoms with van der Waals surface area (Å²) in [5.74, 6) is 1.23. The zero-order chi connectivity index (χ0) is 17.9. The van der Waals surface area contributed by atoms with Crippen molar-refractivity contribution in [3.05, 3.63) is 72.4 Å². The number of hydrogen-bond donors (Lipinski definition) is 1. The van der Waals surface area contributed by atoms with E-state index in [1.165, 1.54) is 0 Å². The van der Waals surface area contributed by atoms with Crippen LogP contribution < -0.4 is 10.1 Å². The van der Waals surface area contributed by atoms with Crippen molar-refractivity contribution in [2.75, 3.05) is 12.4 Å². The number of para-hydroxylation sites is 2. The average Bonchev–Trinajstić information content (AvgIpc) is 3.09. The van der Waals surface area contributed by atoms with E-state index in [4.69, 9.17) is 4.74 Å². The van der Waals surface area contributed by atoms with Crippen molar-refractivity contribution in [3.63, 3.8) is 0 Å². The van der Waals surface area contributed by atoms with Gasteiger partial charge in [0.15, 0.2) is 5.65 Å². The molecule has 0 aliphatic heterocycles. The Kier molecular flexibility index (Phi) is 3.96. The minimum absolute atomic E-state index is 0.435. The van der Waals surface area contributed by atoms with Gasteiger partial charge >= 0.3 is 0 Å². The zero-order valence-electron chi connectivity index (χ0n) is 14.0. The van der Waals surface area contributed by atoms with Gasteiger partial charge in [0, 0.05) is 17.3 Å². The average molecular weight is 341 g/mol. The standard InChI is InChI=1S/C20H15N5O/c1-26-18-9-5-3-7-16(18)15-10-11-19-23-20(24-25(19)13-15)22-17-8-4-2-6-14(17)12-21/h2-11,13H,1H3,(H,22,24). The summed E-state index contributed by atoms with van der Waals surface area (Å²) in [7, 11) is 1.65. The Morgan fingerprint density at radius 1 is 1.04 bits per heavy atom. The number of anilines is 2. The number of aromatic nitrogens is 3.